The molecule has 0 radical (unpaired) electrons. The molecule has 1 fully saturated rings. The molecule has 1 aromatic heterocycles. The van der Waals surface area contributed by atoms with Crippen molar-refractivity contribution in [3.8, 4) is 5.75 Å². The van der Waals surface area contributed by atoms with E-state index in [-0.39, 0.29) is 11.9 Å². The minimum atomic E-state index is -0.355. The first-order valence-electron chi connectivity index (χ1n) is 8.19. The second kappa shape index (κ2) is 7.44. The van der Waals surface area contributed by atoms with Crippen molar-refractivity contribution in [2.45, 2.75) is 19.6 Å². The van der Waals surface area contributed by atoms with E-state index in [1.807, 2.05) is 42.2 Å². The van der Waals surface area contributed by atoms with Gasteiger partial charge in [-0.2, -0.15) is 0 Å². The van der Waals surface area contributed by atoms with Gasteiger partial charge in [0.1, 0.15) is 24.1 Å². The molecule has 0 N–H and O–H groups in total. The van der Waals surface area contributed by atoms with E-state index in [2.05, 4.69) is 22.3 Å². The van der Waals surface area contributed by atoms with Crippen molar-refractivity contribution in [2.75, 3.05) is 33.2 Å². The third kappa shape index (κ3) is 3.91. The van der Waals surface area contributed by atoms with Gasteiger partial charge in [0.25, 0.3) is 0 Å². The summed E-state index contributed by atoms with van der Waals surface area (Å²) >= 11 is 0. The zero-order valence-corrected chi connectivity index (χ0v) is 14.1. The van der Waals surface area contributed by atoms with Crippen LogP contribution in [0.15, 0.2) is 36.5 Å². The Balaban J connectivity index is 1.57. The van der Waals surface area contributed by atoms with Crippen molar-refractivity contribution in [1.29, 1.82) is 0 Å². The molecule has 24 heavy (non-hydrogen) atoms. The van der Waals surface area contributed by atoms with Gasteiger partial charge in [0.2, 0.25) is 5.91 Å². The number of nitrogens with zero attached hydrogens (tertiary/aromatic N) is 5. The van der Waals surface area contributed by atoms with Crippen LogP contribution in [0.5, 0.6) is 5.75 Å². The summed E-state index contributed by atoms with van der Waals surface area (Å²) in [4.78, 5) is 16.7. The van der Waals surface area contributed by atoms with Gasteiger partial charge in [0, 0.05) is 26.2 Å². The zero-order valence-electron chi connectivity index (χ0n) is 14.1. The summed E-state index contributed by atoms with van der Waals surface area (Å²) in [7, 11) is 2.07. The lowest BCUT2D eigenvalue weighted by molar-refractivity contribution is -0.136. The fourth-order valence-corrected chi connectivity index (χ4v) is 2.65. The van der Waals surface area contributed by atoms with Crippen LogP contribution in [-0.2, 0) is 11.4 Å². The maximum atomic E-state index is 12.6. The quantitative estimate of drug-likeness (QED) is 0.824. The van der Waals surface area contributed by atoms with Crippen molar-refractivity contribution >= 4 is 5.91 Å². The smallest absolute Gasteiger partial charge is 0.247 e. The summed E-state index contributed by atoms with van der Waals surface area (Å²) in [5.74, 6) is 0.872. The van der Waals surface area contributed by atoms with Gasteiger partial charge in [-0.15, -0.1) is 5.10 Å². The van der Waals surface area contributed by atoms with Crippen LogP contribution in [-0.4, -0.2) is 63.9 Å². The first-order valence-corrected chi connectivity index (χ1v) is 8.19. The highest BCUT2D eigenvalue weighted by Gasteiger charge is 2.25. The van der Waals surface area contributed by atoms with E-state index in [0.717, 1.165) is 31.9 Å². The molecule has 1 saturated heterocycles. The molecule has 0 unspecified atom stereocenters. The molecule has 3 rings (SSSR count). The van der Waals surface area contributed by atoms with Crippen molar-refractivity contribution in [1.82, 2.24) is 24.8 Å². The Labute approximate surface area is 141 Å². The number of benzene rings is 1. The molecule has 2 heterocycles. The molecule has 0 aliphatic carbocycles. The van der Waals surface area contributed by atoms with Crippen LogP contribution in [0.1, 0.15) is 18.7 Å². The van der Waals surface area contributed by atoms with Crippen molar-refractivity contribution in [3.05, 3.63) is 42.2 Å². The molecular formula is C17H23N5O2. The molecule has 1 amide bonds. The molecule has 0 bridgehead atoms. The molecule has 2 aromatic rings. The Morgan fingerprint density at radius 1 is 1.21 bits per heavy atom. The average molecular weight is 329 g/mol. The number of para-hydroxylation sites is 1. The number of likely N-dealkylation sites (N-methyl/N-ethyl adjacent to an activating group) is 1. The van der Waals surface area contributed by atoms with Crippen LogP contribution >= 0.6 is 0 Å². The fourth-order valence-electron chi connectivity index (χ4n) is 2.65. The molecule has 1 atom stereocenters. The Bertz CT molecular complexity index is 665. The summed E-state index contributed by atoms with van der Waals surface area (Å²) in [6, 6.07) is 9.21. The van der Waals surface area contributed by atoms with Crippen molar-refractivity contribution < 1.29 is 9.53 Å². The maximum absolute atomic E-state index is 12.6. The number of piperazine rings is 1. The number of carbonyl (C=O) groups excluding carboxylic acids is 1. The first-order chi connectivity index (χ1) is 11.6. The minimum absolute atomic E-state index is 0.0866. The number of amides is 1. The molecule has 7 heteroatoms. The zero-order chi connectivity index (χ0) is 16.9. The lowest BCUT2D eigenvalue weighted by Gasteiger charge is -2.33. The fraction of sp³-hybridized carbons (Fsp3) is 0.471. The third-order valence-corrected chi connectivity index (χ3v) is 4.26. The first kappa shape index (κ1) is 16.4. The van der Waals surface area contributed by atoms with Gasteiger partial charge in [0.05, 0.1) is 6.20 Å². The van der Waals surface area contributed by atoms with Crippen LogP contribution in [0.2, 0.25) is 0 Å². The van der Waals surface area contributed by atoms with Crippen LogP contribution in [0.25, 0.3) is 0 Å². The molecule has 128 valence electrons. The number of aromatic nitrogens is 3. The van der Waals surface area contributed by atoms with Crippen molar-refractivity contribution in [3.63, 3.8) is 0 Å². The second-order valence-corrected chi connectivity index (χ2v) is 6.10. The van der Waals surface area contributed by atoms with E-state index in [9.17, 15) is 4.79 Å². The summed E-state index contributed by atoms with van der Waals surface area (Å²) in [5, 5.41) is 8.19. The third-order valence-electron chi connectivity index (χ3n) is 4.26. The monoisotopic (exact) mass is 329 g/mol. The number of ether oxygens (including phenoxy) is 1. The van der Waals surface area contributed by atoms with Gasteiger partial charge >= 0.3 is 0 Å². The summed E-state index contributed by atoms with van der Waals surface area (Å²) in [5.41, 5.74) is 0.705. The minimum Gasteiger partial charge on any atom is -0.487 e. The lowest BCUT2D eigenvalue weighted by atomic mass is 10.2. The maximum Gasteiger partial charge on any atom is 0.247 e. The van der Waals surface area contributed by atoms with Crippen molar-refractivity contribution in [2.24, 2.45) is 0 Å². The van der Waals surface area contributed by atoms with E-state index in [4.69, 9.17) is 4.74 Å². The standard InChI is InChI=1S/C17H23N5O2/c1-14(17(23)21-10-8-20(2)9-11-21)22-12-15(18-19-22)13-24-16-6-4-3-5-7-16/h3-7,12,14H,8-11,13H2,1-2H3/t14-/m0/s1. The van der Waals surface area contributed by atoms with Gasteiger partial charge in [0.15, 0.2) is 0 Å². The van der Waals surface area contributed by atoms with Crippen LogP contribution in [0.3, 0.4) is 0 Å². The highest BCUT2D eigenvalue weighted by atomic mass is 16.5. The van der Waals surface area contributed by atoms with E-state index in [1.165, 1.54) is 0 Å². The largest absolute Gasteiger partial charge is 0.487 e. The Hall–Kier alpha value is -2.41. The Morgan fingerprint density at radius 2 is 1.92 bits per heavy atom. The SMILES string of the molecule is C[C@@H](C(=O)N1CCN(C)CC1)n1cc(COc2ccccc2)nn1. The molecule has 1 aliphatic rings. The normalized spacial score (nSPS) is 16.8. The predicted octanol–water partition coefficient (Wildman–Crippen LogP) is 1.19. The summed E-state index contributed by atoms with van der Waals surface area (Å²) in [6.45, 7) is 5.53. The van der Waals surface area contributed by atoms with Gasteiger partial charge in [-0.25, -0.2) is 4.68 Å². The molecular weight excluding hydrogens is 306 g/mol. The number of hydrogen-bond acceptors (Lipinski definition) is 5. The van der Waals surface area contributed by atoms with Crippen LogP contribution < -0.4 is 4.74 Å². The molecule has 1 aliphatic heterocycles. The number of hydrogen-bond donors (Lipinski definition) is 0. The van der Waals surface area contributed by atoms with Crippen LogP contribution in [0.4, 0.5) is 0 Å². The molecule has 0 saturated carbocycles. The highest BCUT2D eigenvalue weighted by molar-refractivity contribution is 5.80. The summed E-state index contributed by atoms with van der Waals surface area (Å²) in [6.07, 6.45) is 1.78. The van der Waals surface area contributed by atoms with Gasteiger partial charge in [-0.05, 0) is 26.1 Å². The van der Waals surface area contributed by atoms with E-state index in [0.29, 0.717) is 12.3 Å². The number of carbonyl (C=O) groups is 1. The van der Waals surface area contributed by atoms with E-state index < -0.39 is 0 Å². The average Bonchev–Trinajstić information content (AvgIpc) is 3.09. The van der Waals surface area contributed by atoms with Crippen LogP contribution in [0, 0.1) is 0 Å². The molecule has 7 nitrogen and oxygen atoms in total. The Kier molecular flexibility index (Phi) is 5.10. The topological polar surface area (TPSA) is 63.5 Å². The predicted molar refractivity (Wildman–Crippen MR) is 89.6 cm³/mol. The van der Waals surface area contributed by atoms with E-state index >= 15 is 0 Å². The summed E-state index contributed by atoms with van der Waals surface area (Å²) < 4.78 is 7.27. The number of rotatable bonds is 5. The van der Waals surface area contributed by atoms with Gasteiger partial charge < -0.3 is 14.5 Å². The van der Waals surface area contributed by atoms with E-state index in [1.54, 1.807) is 10.9 Å². The lowest BCUT2D eigenvalue weighted by Crippen LogP contribution is -2.49. The second-order valence-electron chi connectivity index (χ2n) is 6.10. The molecule has 1 aromatic carbocycles. The Morgan fingerprint density at radius 3 is 2.62 bits per heavy atom. The van der Waals surface area contributed by atoms with Gasteiger partial charge in [-0.3, -0.25) is 4.79 Å². The highest BCUT2D eigenvalue weighted by Crippen LogP contribution is 2.13. The van der Waals surface area contributed by atoms with Gasteiger partial charge in [-0.1, -0.05) is 23.4 Å². The molecule has 0 spiro atoms.